The van der Waals surface area contributed by atoms with Gasteiger partial charge < -0.3 is 9.84 Å². The molecule has 5 aromatic rings. The Morgan fingerprint density at radius 2 is 1.46 bits per heavy atom. The molecule has 0 aliphatic rings. The predicted molar refractivity (Wildman–Crippen MR) is 142 cm³/mol. The van der Waals surface area contributed by atoms with E-state index < -0.39 is 9.84 Å². The lowest BCUT2D eigenvalue weighted by Crippen LogP contribution is -2.13. The number of fused-ring (bicyclic) bond motifs is 1. The van der Waals surface area contributed by atoms with E-state index in [-0.39, 0.29) is 21.0 Å². The fourth-order valence-corrected chi connectivity index (χ4v) is 5.35. The highest BCUT2D eigenvalue weighted by atomic mass is 32.2. The van der Waals surface area contributed by atoms with Crippen molar-refractivity contribution in [3.63, 3.8) is 0 Å². The van der Waals surface area contributed by atoms with Gasteiger partial charge in [-0.3, -0.25) is 0 Å². The highest BCUT2D eigenvalue weighted by molar-refractivity contribution is 7.91. The predicted octanol–water partition coefficient (Wildman–Crippen LogP) is 5.84. The number of aromatic hydroxyl groups is 1. The minimum atomic E-state index is -3.71. The summed E-state index contributed by atoms with van der Waals surface area (Å²) >= 11 is 0. The van der Waals surface area contributed by atoms with Crippen molar-refractivity contribution in [2.75, 3.05) is 0 Å². The molecule has 1 N–H and O–H groups in total. The lowest BCUT2D eigenvalue weighted by Gasteiger charge is -2.23. The maximum Gasteiger partial charge on any atom is 0.206 e. The quantitative estimate of drug-likeness (QED) is 0.307. The summed E-state index contributed by atoms with van der Waals surface area (Å²) < 4.78 is 32.2. The lowest BCUT2D eigenvalue weighted by atomic mass is 9.86. The normalized spacial score (nSPS) is 12.1. The highest BCUT2D eigenvalue weighted by Crippen LogP contribution is 2.38. The van der Waals surface area contributed by atoms with Gasteiger partial charge in [-0.15, -0.1) is 15.0 Å². The molecule has 0 bridgehead atoms. The Morgan fingerprint density at radius 3 is 2.14 bits per heavy atom. The molecule has 0 spiro atoms. The van der Waals surface area contributed by atoms with Crippen LogP contribution in [0.2, 0.25) is 0 Å². The second-order valence-corrected chi connectivity index (χ2v) is 11.8. The molecule has 0 saturated heterocycles. The van der Waals surface area contributed by atoms with Crippen LogP contribution in [0.1, 0.15) is 31.9 Å². The maximum atomic E-state index is 13.1. The minimum Gasteiger partial charge on any atom is -0.505 e. The van der Waals surface area contributed by atoms with Crippen molar-refractivity contribution in [2.45, 2.75) is 42.6 Å². The number of phenolic OH excluding ortho intramolecular Hbond substituents is 1. The number of rotatable bonds is 6. The number of benzene rings is 4. The zero-order valence-electron chi connectivity index (χ0n) is 20.8. The summed E-state index contributed by atoms with van der Waals surface area (Å²) in [6, 6.07) is 26.2. The molecule has 7 nitrogen and oxygen atoms in total. The van der Waals surface area contributed by atoms with Crippen LogP contribution in [-0.2, 0) is 21.9 Å². The van der Waals surface area contributed by atoms with E-state index in [0.29, 0.717) is 34.6 Å². The zero-order chi connectivity index (χ0) is 26.2. The van der Waals surface area contributed by atoms with E-state index in [2.05, 4.69) is 10.2 Å². The zero-order valence-corrected chi connectivity index (χ0v) is 21.6. The Bertz CT molecular complexity index is 1670. The van der Waals surface area contributed by atoms with Gasteiger partial charge in [0.15, 0.2) is 0 Å². The van der Waals surface area contributed by atoms with E-state index in [1.54, 1.807) is 42.5 Å². The minimum absolute atomic E-state index is 0.0389. The first-order valence-electron chi connectivity index (χ1n) is 11.8. The van der Waals surface area contributed by atoms with Crippen LogP contribution in [0.25, 0.3) is 16.7 Å². The third kappa shape index (κ3) is 4.93. The molecule has 0 radical (unpaired) electrons. The topological polar surface area (TPSA) is 94.3 Å². The monoisotopic (exact) mass is 513 g/mol. The van der Waals surface area contributed by atoms with Crippen LogP contribution in [0.3, 0.4) is 0 Å². The Labute approximate surface area is 215 Å². The van der Waals surface area contributed by atoms with E-state index in [1.165, 1.54) is 16.9 Å². The molecule has 0 saturated carbocycles. The third-order valence-corrected chi connectivity index (χ3v) is 7.82. The molecule has 1 heterocycles. The van der Waals surface area contributed by atoms with E-state index in [9.17, 15) is 13.5 Å². The standard InChI is InChI=1S/C29H27N3O4S/c1-29(2,3)24-16-21(36-19-20-10-6-4-7-11-20)17-27(28(24)33)32-30-25-15-14-23(18-26(25)31-32)37(34,35)22-12-8-5-9-13-22/h4-18,33H,19H2,1-3H3. The van der Waals surface area contributed by atoms with Crippen molar-refractivity contribution in [1.82, 2.24) is 15.0 Å². The number of aromatic nitrogens is 3. The summed E-state index contributed by atoms with van der Waals surface area (Å²) in [7, 11) is -3.71. The van der Waals surface area contributed by atoms with Gasteiger partial charge in [0, 0.05) is 11.6 Å². The summed E-state index contributed by atoms with van der Waals surface area (Å²) in [6.07, 6.45) is 0. The molecule has 37 heavy (non-hydrogen) atoms. The number of hydrogen-bond acceptors (Lipinski definition) is 6. The molecule has 0 aliphatic carbocycles. The molecule has 0 unspecified atom stereocenters. The van der Waals surface area contributed by atoms with Gasteiger partial charge in [0.05, 0.1) is 9.79 Å². The Morgan fingerprint density at radius 1 is 0.811 bits per heavy atom. The van der Waals surface area contributed by atoms with Gasteiger partial charge in [-0.25, -0.2) is 8.42 Å². The Hall–Kier alpha value is -4.17. The van der Waals surface area contributed by atoms with E-state index in [0.717, 1.165) is 5.56 Å². The van der Waals surface area contributed by atoms with Gasteiger partial charge >= 0.3 is 0 Å². The van der Waals surface area contributed by atoms with Crippen LogP contribution in [0.15, 0.2) is 101 Å². The van der Waals surface area contributed by atoms with Gasteiger partial charge in [-0.2, -0.15) is 0 Å². The molecule has 0 aliphatic heterocycles. The molecule has 0 atom stereocenters. The summed E-state index contributed by atoms with van der Waals surface area (Å²) in [4.78, 5) is 1.65. The molecule has 4 aromatic carbocycles. The van der Waals surface area contributed by atoms with Crippen molar-refractivity contribution >= 4 is 20.9 Å². The number of phenols is 1. The highest BCUT2D eigenvalue weighted by Gasteiger charge is 2.24. The molecule has 188 valence electrons. The van der Waals surface area contributed by atoms with Crippen LogP contribution in [0, 0.1) is 0 Å². The molecule has 8 heteroatoms. The summed E-state index contributed by atoms with van der Waals surface area (Å²) in [5.74, 6) is 0.604. The SMILES string of the molecule is CC(C)(C)c1cc(OCc2ccccc2)cc(-n2nc3ccc(S(=O)(=O)c4ccccc4)cc3n2)c1O. The van der Waals surface area contributed by atoms with Crippen molar-refractivity contribution in [3.8, 4) is 17.2 Å². The number of sulfone groups is 1. The Kier molecular flexibility index (Phi) is 6.21. The third-order valence-electron chi connectivity index (χ3n) is 6.05. The molecular weight excluding hydrogens is 486 g/mol. The van der Waals surface area contributed by atoms with E-state index in [4.69, 9.17) is 4.74 Å². The largest absolute Gasteiger partial charge is 0.505 e. The molecule has 0 amide bonds. The molecule has 1 aromatic heterocycles. The van der Waals surface area contributed by atoms with Gasteiger partial charge in [-0.1, -0.05) is 69.3 Å². The first-order valence-corrected chi connectivity index (χ1v) is 13.3. The second-order valence-electron chi connectivity index (χ2n) is 9.82. The first-order chi connectivity index (χ1) is 17.6. The van der Waals surface area contributed by atoms with Crippen molar-refractivity contribution in [3.05, 3.63) is 102 Å². The smallest absolute Gasteiger partial charge is 0.206 e. The van der Waals surface area contributed by atoms with E-state index >= 15 is 0 Å². The first kappa shape index (κ1) is 24.5. The summed E-state index contributed by atoms with van der Waals surface area (Å²) in [5.41, 5.74) is 2.56. The van der Waals surface area contributed by atoms with Gasteiger partial charge in [-0.05, 0) is 47.4 Å². The number of nitrogens with zero attached hydrogens (tertiary/aromatic N) is 3. The summed E-state index contributed by atoms with van der Waals surface area (Å²) in [5, 5.41) is 20.2. The van der Waals surface area contributed by atoms with E-state index in [1.807, 2.05) is 57.2 Å². The Balaban J connectivity index is 1.56. The van der Waals surface area contributed by atoms with Crippen LogP contribution >= 0.6 is 0 Å². The van der Waals surface area contributed by atoms with Crippen molar-refractivity contribution < 1.29 is 18.3 Å². The van der Waals surface area contributed by atoms with Crippen LogP contribution in [0.4, 0.5) is 0 Å². The second kappa shape index (κ2) is 9.37. The summed E-state index contributed by atoms with van der Waals surface area (Å²) in [6.45, 7) is 6.37. The van der Waals surface area contributed by atoms with Crippen LogP contribution < -0.4 is 4.74 Å². The number of ether oxygens (including phenoxy) is 1. The average molecular weight is 514 g/mol. The fourth-order valence-electron chi connectivity index (χ4n) is 4.05. The fraction of sp³-hybridized carbons (Fsp3) is 0.172. The van der Waals surface area contributed by atoms with Crippen molar-refractivity contribution in [2.24, 2.45) is 0 Å². The lowest BCUT2D eigenvalue weighted by molar-refractivity contribution is 0.304. The average Bonchev–Trinajstić information content (AvgIpc) is 3.32. The van der Waals surface area contributed by atoms with Gasteiger partial charge in [0.25, 0.3) is 0 Å². The van der Waals surface area contributed by atoms with Gasteiger partial charge in [0.1, 0.15) is 34.8 Å². The van der Waals surface area contributed by atoms with Crippen LogP contribution in [0.5, 0.6) is 11.5 Å². The van der Waals surface area contributed by atoms with Crippen LogP contribution in [-0.4, -0.2) is 28.5 Å². The molecule has 0 fully saturated rings. The number of hydrogen-bond donors (Lipinski definition) is 1. The van der Waals surface area contributed by atoms with Crippen molar-refractivity contribution in [1.29, 1.82) is 0 Å². The van der Waals surface area contributed by atoms with Gasteiger partial charge in [0.2, 0.25) is 9.84 Å². The molecule has 5 rings (SSSR count). The molecular formula is C29H27N3O4S. The maximum absolute atomic E-state index is 13.1.